The van der Waals surface area contributed by atoms with E-state index in [9.17, 15) is 0 Å². The Morgan fingerprint density at radius 3 is 2.31 bits per heavy atom. The summed E-state index contributed by atoms with van der Waals surface area (Å²) in [6, 6.07) is 0. The second-order valence-electron chi connectivity index (χ2n) is 6.07. The first-order valence-corrected chi connectivity index (χ1v) is 6.86. The zero-order valence-electron chi connectivity index (χ0n) is 11.5. The molecule has 1 nitrogen and oxygen atoms in total. The quantitative estimate of drug-likeness (QED) is 0.628. The molecule has 1 atom stereocenters. The third-order valence-electron chi connectivity index (χ3n) is 3.13. The molecular weight excluding hydrogens is 196 g/mol. The van der Waals surface area contributed by atoms with Crippen LogP contribution in [0.5, 0.6) is 0 Å². The summed E-state index contributed by atoms with van der Waals surface area (Å²) in [5, 5.41) is 0. The second kappa shape index (κ2) is 6.44. The van der Waals surface area contributed by atoms with E-state index in [4.69, 9.17) is 4.74 Å². The largest absolute Gasteiger partial charge is 0.371 e. The first-order valence-electron chi connectivity index (χ1n) is 6.86. The molecule has 0 amide bonds. The maximum absolute atomic E-state index is 6.15. The van der Waals surface area contributed by atoms with Gasteiger partial charge in [-0.25, -0.2) is 0 Å². The summed E-state index contributed by atoms with van der Waals surface area (Å²) < 4.78 is 6.15. The fourth-order valence-corrected chi connectivity index (χ4v) is 2.12. The summed E-state index contributed by atoms with van der Waals surface area (Å²) in [6.07, 6.45) is 13.1. The molecule has 1 unspecified atom stereocenters. The highest BCUT2D eigenvalue weighted by molar-refractivity contribution is 4.97. The highest BCUT2D eigenvalue weighted by Gasteiger charge is 2.17. The lowest BCUT2D eigenvalue weighted by Gasteiger charge is -2.26. The lowest BCUT2D eigenvalue weighted by Crippen LogP contribution is -2.23. The molecule has 0 aromatic rings. The third-order valence-corrected chi connectivity index (χ3v) is 3.13. The van der Waals surface area contributed by atoms with E-state index in [0.717, 1.165) is 6.42 Å². The molecular formula is C15H28O. The van der Waals surface area contributed by atoms with E-state index in [2.05, 4.69) is 39.8 Å². The Balaban J connectivity index is 2.38. The standard InChI is InChI=1S/C15H28O/c1-5-13(11-12-15(2,3)4)16-14-9-7-6-8-10-14/h11-14H,5-10H2,1-4H3/b12-11+. The molecule has 0 aliphatic heterocycles. The average molecular weight is 224 g/mol. The van der Waals surface area contributed by atoms with E-state index in [0.29, 0.717) is 12.2 Å². The molecule has 0 aromatic heterocycles. The number of hydrogen-bond acceptors (Lipinski definition) is 1. The van der Waals surface area contributed by atoms with Crippen molar-refractivity contribution in [2.24, 2.45) is 5.41 Å². The van der Waals surface area contributed by atoms with Crippen LogP contribution < -0.4 is 0 Å². The molecule has 0 bridgehead atoms. The zero-order valence-corrected chi connectivity index (χ0v) is 11.5. The van der Waals surface area contributed by atoms with Crippen LogP contribution in [0.2, 0.25) is 0 Å². The Hall–Kier alpha value is -0.300. The van der Waals surface area contributed by atoms with Gasteiger partial charge in [0.25, 0.3) is 0 Å². The minimum atomic E-state index is 0.267. The van der Waals surface area contributed by atoms with E-state index in [1.807, 2.05) is 0 Å². The number of ether oxygens (including phenoxy) is 1. The van der Waals surface area contributed by atoms with Gasteiger partial charge < -0.3 is 4.74 Å². The van der Waals surface area contributed by atoms with Crippen LogP contribution in [0.25, 0.3) is 0 Å². The molecule has 1 saturated carbocycles. The topological polar surface area (TPSA) is 9.23 Å². The Labute approximate surface area is 101 Å². The molecule has 1 heteroatoms. The molecule has 1 aliphatic rings. The summed E-state index contributed by atoms with van der Waals surface area (Å²) in [5.41, 5.74) is 0.267. The van der Waals surface area contributed by atoms with Crippen LogP contribution in [-0.4, -0.2) is 12.2 Å². The molecule has 0 heterocycles. The Morgan fingerprint density at radius 2 is 1.81 bits per heavy atom. The fourth-order valence-electron chi connectivity index (χ4n) is 2.12. The number of rotatable bonds is 4. The molecule has 0 N–H and O–H groups in total. The van der Waals surface area contributed by atoms with Crippen LogP contribution in [-0.2, 0) is 4.74 Å². The van der Waals surface area contributed by atoms with Gasteiger partial charge in [-0.05, 0) is 24.7 Å². The van der Waals surface area contributed by atoms with E-state index in [-0.39, 0.29) is 5.41 Å². The summed E-state index contributed by atoms with van der Waals surface area (Å²) in [6.45, 7) is 8.91. The molecule has 1 rings (SSSR count). The lowest BCUT2D eigenvalue weighted by molar-refractivity contribution is -0.00868. The minimum Gasteiger partial charge on any atom is -0.371 e. The van der Waals surface area contributed by atoms with Gasteiger partial charge in [-0.15, -0.1) is 0 Å². The molecule has 0 spiro atoms. The van der Waals surface area contributed by atoms with Gasteiger partial charge in [0.1, 0.15) is 0 Å². The highest BCUT2D eigenvalue weighted by Crippen LogP contribution is 2.23. The van der Waals surface area contributed by atoms with Crippen LogP contribution in [0.1, 0.15) is 66.2 Å². The first-order chi connectivity index (χ1) is 7.51. The Kier molecular flexibility index (Phi) is 5.54. The lowest BCUT2D eigenvalue weighted by atomic mass is 9.95. The van der Waals surface area contributed by atoms with Gasteiger partial charge in [0.15, 0.2) is 0 Å². The SMILES string of the molecule is CCC(/C=C/C(C)(C)C)OC1CCCCC1. The van der Waals surface area contributed by atoms with Gasteiger partial charge >= 0.3 is 0 Å². The molecule has 16 heavy (non-hydrogen) atoms. The van der Waals surface area contributed by atoms with Crippen LogP contribution >= 0.6 is 0 Å². The van der Waals surface area contributed by atoms with Crippen molar-refractivity contribution in [3.8, 4) is 0 Å². The van der Waals surface area contributed by atoms with Crippen LogP contribution in [0, 0.1) is 5.41 Å². The van der Waals surface area contributed by atoms with Crippen molar-refractivity contribution in [3.63, 3.8) is 0 Å². The maximum atomic E-state index is 6.15. The summed E-state index contributed by atoms with van der Waals surface area (Å²) in [4.78, 5) is 0. The van der Waals surface area contributed by atoms with E-state index in [1.54, 1.807) is 0 Å². The normalized spacial score (nSPS) is 21.5. The predicted molar refractivity (Wildman–Crippen MR) is 70.6 cm³/mol. The van der Waals surface area contributed by atoms with Gasteiger partial charge in [0, 0.05) is 0 Å². The first kappa shape index (κ1) is 13.8. The van der Waals surface area contributed by atoms with Crippen molar-refractivity contribution < 1.29 is 4.74 Å². The van der Waals surface area contributed by atoms with E-state index >= 15 is 0 Å². The van der Waals surface area contributed by atoms with Gasteiger partial charge in [-0.3, -0.25) is 0 Å². The number of hydrogen-bond donors (Lipinski definition) is 0. The summed E-state index contributed by atoms with van der Waals surface area (Å²) >= 11 is 0. The van der Waals surface area contributed by atoms with Crippen LogP contribution in [0.3, 0.4) is 0 Å². The fraction of sp³-hybridized carbons (Fsp3) is 0.867. The Morgan fingerprint density at radius 1 is 1.19 bits per heavy atom. The van der Waals surface area contributed by atoms with E-state index in [1.165, 1.54) is 32.1 Å². The van der Waals surface area contributed by atoms with Crippen molar-refractivity contribution in [1.29, 1.82) is 0 Å². The monoisotopic (exact) mass is 224 g/mol. The summed E-state index contributed by atoms with van der Waals surface area (Å²) in [5.74, 6) is 0. The van der Waals surface area contributed by atoms with Gasteiger partial charge in [0.2, 0.25) is 0 Å². The summed E-state index contributed by atoms with van der Waals surface area (Å²) in [7, 11) is 0. The van der Waals surface area contributed by atoms with Crippen molar-refractivity contribution in [3.05, 3.63) is 12.2 Å². The smallest absolute Gasteiger partial charge is 0.0757 e. The van der Waals surface area contributed by atoms with Crippen LogP contribution in [0.4, 0.5) is 0 Å². The minimum absolute atomic E-state index is 0.267. The third kappa shape index (κ3) is 5.69. The predicted octanol–water partition coefficient (Wildman–Crippen LogP) is 4.72. The molecule has 1 aliphatic carbocycles. The maximum Gasteiger partial charge on any atom is 0.0757 e. The van der Waals surface area contributed by atoms with Crippen molar-refractivity contribution >= 4 is 0 Å². The highest BCUT2D eigenvalue weighted by atomic mass is 16.5. The molecule has 94 valence electrons. The molecule has 0 saturated heterocycles. The molecule has 0 aromatic carbocycles. The Bertz CT molecular complexity index is 206. The van der Waals surface area contributed by atoms with Crippen LogP contribution in [0.15, 0.2) is 12.2 Å². The number of allylic oxidation sites excluding steroid dienone is 1. The van der Waals surface area contributed by atoms with Crippen molar-refractivity contribution in [1.82, 2.24) is 0 Å². The van der Waals surface area contributed by atoms with Gasteiger partial charge in [-0.2, -0.15) is 0 Å². The van der Waals surface area contributed by atoms with Gasteiger partial charge in [-0.1, -0.05) is 59.1 Å². The van der Waals surface area contributed by atoms with Gasteiger partial charge in [0.05, 0.1) is 12.2 Å². The van der Waals surface area contributed by atoms with Crippen molar-refractivity contribution in [2.75, 3.05) is 0 Å². The van der Waals surface area contributed by atoms with E-state index < -0.39 is 0 Å². The average Bonchev–Trinajstić information content (AvgIpc) is 2.24. The second-order valence-corrected chi connectivity index (χ2v) is 6.07. The zero-order chi connectivity index (χ0) is 12.0. The molecule has 0 radical (unpaired) electrons. The molecule has 1 fully saturated rings. The van der Waals surface area contributed by atoms with Crippen molar-refractivity contribution in [2.45, 2.75) is 78.4 Å².